The smallest absolute Gasteiger partial charge is 0.230 e. The molecule has 4 heterocycles. The summed E-state index contributed by atoms with van der Waals surface area (Å²) in [5.74, 6) is -1.09. The van der Waals surface area contributed by atoms with E-state index in [1.54, 1.807) is 13.3 Å². The van der Waals surface area contributed by atoms with Crippen LogP contribution in [0.2, 0.25) is 0 Å². The minimum atomic E-state index is -0.519. The Morgan fingerprint density at radius 1 is 1.17 bits per heavy atom. The van der Waals surface area contributed by atoms with Gasteiger partial charge < -0.3 is 20.4 Å². The van der Waals surface area contributed by atoms with Crippen LogP contribution < -0.4 is 11.1 Å². The molecule has 0 radical (unpaired) electrons. The van der Waals surface area contributed by atoms with Crippen molar-refractivity contribution in [2.24, 2.45) is 0 Å². The van der Waals surface area contributed by atoms with Crippen LogP contribution in [0.25, 0.3) is 11.0 Å². The zero-order chi connectivity index (χ0) is 25.2. The van der Waals surface area contributed by atoms with Crippen LogP contribution in [-0.4, -0.2) is 49.9 Å². The maximum Gasteiger partial charge on any atom is 0.230 e. The van der Waals surface area contributed by atoms with Crippen LogP contribution in [0.3, 0.4) is 0 Å². The predicted molar refractivity (Wildman–Crippen MR) is 127 cm³/mol. The van der Waals surface area contributed by atoms with Gasteiger partial charge >= 0.3 is 0 Å². The lowest BCUT2D eigenvalue weighted by atomic mass is 10.1. The molecule has 0 unspecified atom stereocenters. The standard InChI is InChI=1S/C24H24FN7O3/c1-24(2,13-35-3)32-12-19(18-11-29-23(26)31-22(18)32)21(34)14-6-17(10-27-8-14)30-20(33)7-16-5-4-15(25)9-28-16/h4-6,8-12H,7,13H2,1-3H3,(H,30,33)(H2,26,29,31). The Morgan fingerprint density at radius 2 is 1.97 bits per heavy atom. The summed E-state index contributed by atoms with van der Waals surface area (Å²) >= 11 is 0. The van der Waals surface area contributed by atoms with E-state index in [2.05, 4.69) is 25.3 Å². The number of amides is 1. The van der Waals surface area contributed by atoms with Crippen LogP contribution >= 0.6 is 0 Å². The molecule has 0 bridgehead atoms. The second-order valence-electron chi connectivity index (χ2n) is 8.61. The Hall–Kier alpha value is -4.25. The first-order valence-electron chi connectivity index (χ1n) is 10.7. The molecule has 11 heteroatoms. The number of ether oxygens (including phenoxy) is 1. The lowest BCUT2D eigenvalue weighted by Gasteiger charge is -2.26. The zero-order valence-electron chi connectivity index (χ0n) is 19.4. The summed E-state index contributed by atoms with van der Waals surface area (Å²) in [5, 5.41) is 3.22. The molecule has 0 aliphatic carbocycles. The van der Waals surface area contributed by atoms with E-state index in [-0.39, 0.29) is 29.6 Å². The number of hydrogen-bond acceptors (Lipinski definition) is 8. The Bertz CT molecular complexity index is 1400. The number of rotatable bonds is 8. The van der Waals surface area contributed by atoms with Crippen molar-refractivity contribution in [3.8, 4) is 0 Å². The number of nitrogen functional groups attached to an aromatic ring is 1. The summed E-state index contributed by atoms with van der Waals surface area (Å²) in [6.45, 7) is 4.28. The van der Waals surface area contributed by atoms with Crippen molar-refractivity contribution in [1.29, 1.82) is 0 Å². The molecule has 4 rings (SSSR count). The van der Waals surface area contributed by atoms with Crippen LogP contribution in [-0.2, 0) is 21.5 Å². The maximum absolute atomic E-state index is 13.5. The highest BCUT2D eigenvalue weighted by Gasteiger charge is 2.27. The predicted octanol–water partition coefficient (Wildman–Crippen LogP) is 2.74. The van der Waals surface area contributed by atoms with Crippen LogP contribution in [0.5, 0.6) is 0 Å². The third-order valence-electron chi connectivity index (χ3n) is 5.37. The second-order valence-corrected chi connectivity index (χ2v) is 8.61. The third kappa shape index (κ3) is 5.14. The molecule has 3 N–H and O–H groups in total. The third-order valence-corrected chi connectivity index (χ3v) is 5.37. The van der Waals surface area contributed by atoms with Gasteiger partial charge in [-0.1, -0.05) is 0 Å². The Labute approximate surface area is 200 Å². The van der Waals surface area contributed by atoms with E-state index in [1.807, 2.05) is 18.4 Å². The van der Waals surface area contributed by atoms with Crippen molar-refractivity contribution in [3.63, 3.8) is 0 Å². The van der Waals surface area contributed by atoms with Crippen molar-refractivity contribution in [2.75, 3.05) is 24.8 Å². The number of carbonyl (C=O) groups is 2. The van der Waals surface area contributed by atoms with E-state index in [9.17, 15) is 14.0 Å². The van der Waals surface area contributed by atoms with E-state index in [1.165, 1.54) is 36.8 Å². The SMILES string of the molecule is COCC(C)(C)n1cc(C(=O)c2cncc(NC(=O)Cc3ccc(F)cn3)c2)c2cnc(N)nc21. The van der Waals surface area contributed by atoms with Gasteiger partial charge in [-0.3, -0.25) is 19.6 Å². The topological polar surface area (TPSA) is 138 Å². The minimum absolute atomic E-state index is 0.0563. The fraction of sp³-hybridized carbons (Fsp3) is 0.250. The van der Waals surface area contributed by atoms with Gasteiger partial charge in [0.05, 0.1) is 42.2 Å². The molecule has 0 aromatic carbocycles. The number of anilines is 2. The molecule has 10 nitrogen and oxygen atoms in total. The molecule has 4 aromatic rings. The van der Waals surface area contributed by atoms with Crippen LogP contribution in [0.1, 0.15) is 35.5 Å². The molecule has 35 heavy (non-hydrogen) atoms. The van der Waals surface area contributed by atoms with Gasteiger partial charge in [-0.2, -0.15) is 4.98 Å². The lowest BCUT2D eigenvalue weighted by molar-refractivity contribution is -0.115. The lowest BCUT2D eigenvalue weighted by Crippen LogP contribution is -2.31. The van der Waals surface area contributed by atoms with Crippen LogP contribution in [0, 0.1) is 5.82 Å². The summed E-state index contributed by atoms with van der Waals surface area (Å²) < 4.78 is 20.2. The first kappa shape index (κ1) is 23.9. The maximum atomic E-state index is 13.5. The number of nitrogens with two attached hydrogens (primary N) is 1. The molecule has 0 aliphatic rings. The summed E-state index contributed by atoms with van der Waals surface area (Å²) in [4.78, 5) is 42.3. The largest absolute Gasteiger partial charge is 0.382 e. The summed E-state index contributed by atoms with van der Waals surface area (Å²) in [5.41, 5.74) is 7.18. The van der Waals surface area contributed by atoms with Gasteiger partial charge in [0.2, 0.25) is 11.9 Å². The number of carbonyl (C=O) groups excluding carboxylic acids is 2. The summed E-state index contributed by atoms with van der Waals surface area (Å²) in [6.07, 6.45) is 7.05. The number of aromatic nitrogens is 5. The normalized spacial score (nSPS) is 11.5. The first-order chi connectivity index (χ1) is 16.7. The minimum Gasteiger partial charge on any atom is -0.382 e. The number of halogens is 1. The van der Waals surface area contributed by atoms with Gasteiger partial charge in [-0.15, -0.1) is 0 Å². The van der Waals surface area contributed by atoms with Crippen molar-refractivity contribution in [3.05, 3.63) is 71.8 Å². The van der Waals surface area contributed by atoms with Gasteiger partial charge in [0.25, 0.3) is 0 Å². The molecule has 1 amide bonds. The first-order valence-corrected chi connectivity index (χ1v) is 10.7. The van der Waals surface area contributed by atoms with Crippen molar-refractivity contribution < 1.29 is 18.7 Å². The Kier molecular flexibility index (Phi) is 6.52. The van der Waals surface area contributed by atoms with Crippen molar-refractivity contribution in [2.45, 2.75) is 25.8 Å². The number of hydrogen-bond donors (Lipinski definition) is 2. The molecular weight excluding hydrogens is 453 g/mol. The Morgan fingerprint density at radius 3 is 2.69 bits per heavy atom. The van der Waals surface area contributed by atoms with Gasteiger partial charge in [-0.05, 0) is 32.0 Å². The number of nitrogens with one attached hydrogen (secondary N) is 1. The monoisotopic (exact) mass is 477 g/mol. The molecule has 0 saturated carbocycles. The van der Waals surface area contributed by atoms with E-state index >= 15 is 0 Å². The number of pyridine rings is 2. The molecular formula is C24H24FN7O3. The van der Waals surface area contributed by atoms with E-state index in [0.717, 1.165) is 6.20 Å². The van der Waals surface area contributed by atoms with Gasteiger partial charge in [0.1, 0.15) is 11.5 Å². The summed E-state index contributed by atoms with van der Waals surface area (Å²) in [6, 6.07) is 4.20. The number of methoxy groups -OCH3 is 1. The van der Waals surface area contributed by atoms with Crippen LogP contribution in [0.4, 0.5) is 16.0 Å². The van der Waals surface area contributed by atoms with Crippen LogP contribution in [0.15, 0.2) is 49.2 Å². The highest BCUT2D eigenvalue weighted by atomic mass is 19.1. The molecule has 180 valence electrons. The fourth-order valence-corrected chi connectivity index (χ4v) is 3.75. The molecule has 0 spiro atoms. The second kappa shape index (κ2) is 9.55. The molecule has 0 saturated heterocycles. The molecule has 0 aliphatic heterocycles. The summed E-state index contributed by atoms with van der Waals surface area (Å²) in [7, 11) is 1.60. The number of nitrogens with zero attached hydrogens (tertiary/aromatic N) is 5. The quantitative estimate of drug-likeness (QED) is 0.370. The fourth-order valence-electron chi connectivity index (χ4n) is 3.75. The van der Waals surface area contributed by atoms with Gasteiger partial charge in [-0.25, -0.2) is 9.37 Å². The molecule has 4 aromatic heterocycles. The highest BCUT2D eigenvalue weighted by molar-refractivity contribution is 6.16. The number of fused-ring (bicyclic) bond motifs is 1. The van der Waals surface area contributed by atoms with Gasteiger partial charge in [0.15, 0.2) is 5.78 Å². The van der Waals surface area contributed by atoms with E-state index in [0.29, 0.717) is 34.6 Å². The number of ketones is 1. The van der Waals surface area contributed by atoms with E-state index in [4.69, 9.17) is 10.5 Å². The highest BCUT2D eigenvalue weighted by Crippen LogP contribution is 2.29. The molecule has 0 atom stereocenters. The van der Waals surface area contributed by atoms with Crippen molar-refractivity contribution in [1.82, 2.24) is 24.5 Å². The Balaban J connectivity index is 1.62. The average Bonchev–Trinajstić information content (AvgIpc) is 3.20. The zero-order valence-corrected chi connectivity index (χ0v) is 19.4. The average molecular weight is 478 g/mol. The van der Waals surface area contributed by atoms with Crippen molar-refractivity contribution >= 4 is 34.4 Å². The van der Waals surface area contributed by atoms with Gasteiger partial charge in [0, 0.05) is 42.3 Å². The van der Waals surface area contributed by atoms with E-state index < -0.39 is 11.4 Å². The molecule has 0 fully saturated rings.